The maximum Gasteiger partial charge on any atom is 0.277 e. The Kier molecular flexibility index (Phi) is 6.28. The average Bonchev–Trinajstić information content (AvgIpc) is 2.51. The fraction of sp³-hybridized carbons (Fsp3) is 0.125. The van der Waals surface area contributed by atoms with Crippen LogP contribution in [0.5, 0.6) is 5.75 Å². The Balaban J connectivity index is 1.89. The molecule has 0 unspecified atom stereocenters. The molecule has 120 valence electrons. The third-order valence-corrected chi connectivity index (χ3v) is 3.93. The molecular weight excluding hydrogens is 359 g/mol. The molecule has 2 rings (SSSR count). The molecule has 1 N–H and O–H groups in total. The van der Waals surface area contributed by atoms with Gasteiger partial charge in [0.25, 0.3) is 5.91 Å². The van der Waals surface area contributed by atoms with Crippen molar-refractivity contribution < 1.29 is 9.53 Å². The van der Waals surface area contributed by atoms with Crippen LogP contribution in [0.1, 0.15) is 11.1 Å². The van der Waals surface area contributed by atoms with Gasteiger partial charge in [-0.2, -0.15) is 5.10 Å². The maximum absolute atomic E-state index is 11.7. The minimum Gasteiger partial charge on any atom is -0.482 e. The molecule has 7 heteroatoms. The Labute approximate surface area is 149 Å². The Morgan fingerprint density at radius 1 is 1.17 bits per heavy atom. The van der Waals surface area contributed by atoms with E-state index in [4.69, 9.17) is 39.5 Å². The molecule has 0 radical (unpaired) electrons. The summed E-state index contributed by atoms with van der Waals surface area (Å²) in [6, 6.07) is 10.6. The Morgan fingerprint density at radius 2 is 1.87 bits per heavy atom. The number of nitrogens with zero attached hydrogens (tertiary/aromatic N) is 1. The first-order chi connectivity index (χ1) is 11.0. The summed E-state index contributed by atoms with van der Waals surface area (Å²) in [5, 5.41) is 4.77. The summed E-state index contributed by atoms with van der Waals surface area (Å²) < 4.78 is 5.30. The van der Waals surface area contributed by atoms with Crippen molar-refractivity contribution in [2.75, 3.05) is 6.61 Å². The van der Waals surface area contributed by atoms with Crippen LogP contribution in [0.25, 0.3) is 0 Å². The SMILES string of the molecule is Cc1ccccc1/C=N/NC(=O)COc1cc(Cl)c(Cl)cc1Cl. The fourth-order valence-corrected chi connectivity index (χ4v) is 2.29. The van der Waals surface area contributed by atoms with E-state index in [1.54, 1.807) is 6.21 Å². The van der Waals surface area contributed by atoms with Crippen molar-refractivity contribution in [2.45, 2.75) is 6.92 Å². The first-order valence-electron chi connectivity index (χ1n) is 6.62. The normalized spacial score (nSPS) is 10.8. The van der Waals surface area contributed by atoms with Gasteiger partial charge in [-0.05, 0) is 24.1 Å². The summed E-state index contributed by atoms with van der Waals surface area (Å²) >= 11 is 17.6. The summed E-state index contributed by atoms with van der Waals surface area (Å²) in [6.45, 7) is 1.71. The monoisotopic (exact) mass is 370 g/mol. The molecule has 0 bridgehead atoms. The van der Waals surface area contributed by atoms with E-state index < -0.39 is 5.91 Å². The number of hydrazone groups is 1. The van der Waals surface area contributed by atoms with Crippen LogP contribution in [0, 0.1) is 6.92 Å². The lowest BCUT2D eigenvalue weighted by molar-refractivity contribution is -0.123. The zero-order valence-electron chi connectivity index (χ0n) is 12.1. The molecule has 0 aliphatic carbocycles. The second-order valence-electron chi connectivity index (χ2n) is 4.64. The van der Waals surface area contributed by atoms with Gasteiger partial charge in [-0.3, -0.25) is 4.79 Å². The molecular formula is C16H13Cl3N2O2. The van der Waals surface area contributed by atoms with E-state index in [2.05, 4.69) is 10.5 Å². The van der Waals surface area contributed by atoms with Crippen molar-refractivity contribution in [1.82, 2.24) is 5.43 Å². The zero-order chi connectivity index (χ0) is 16.8. The lowest BCUT2D eigenvalue weighted by Gasteiger charge is -2.08. The predicted octanol–water partition coefficient (Wildman–Crippen LogP) is 4.48. The van der Waals surface area contributed by atoms with E-state index in [-0.39, 0.29) is 17.4 Å². The molecule has 0 fully saturated rings. The molecule has 0 aliphatic rings. The number of benzene rings is 2. The first kappa shape index (κ1) is 17.6. The van der Waals surface area contributed by atoms with Gasteiger partial charge in [0.05, 0.1) is 21.3 Å². The minimum atomic E-state index is -0.419. The highest BCUT2D eigenvalue weighted by Crippen LogP contribution is 2.33. The topological polar surface area (TPSA) is 50.7 Å². The second kappa shape index (κ2) is 8.20. The van der Waals surface area contributed by atoms with E-state index >= 15 is 0 Å². The largest absolute Gasteiger partial charge is 0.482 e. The lowest BCUT2D eigenvalue weighted by Crippen LogP contribution is -2.24. The molecule has 1 amide bonds. The highest BCUT2D eigenvalue weighted by Gasteiger charge is 2.09. The number of rotatable bonds is 5. The summed E-state index contributed by atoms with van der Waals surface area (Å²) in [5.41, 5.74) is 4.35. The van der Waals surface area contributed by atoms with E-state index in [0.29, 0.717) is 10.0 Å². The van der Waals surface area contributed by atoms with Crippen LogP contribution in [0.2, 0.25) is 15.1 Å². The molecule has 2 aromatic rings. The van der Waals surface area contributed by atoms with Crippen molar-refractivity contribution >= 4 is 46.9 Å². The number of carbonyl (C=O) groups excluding carboxylic acids is 1. The molecule has 2 aromatic carbocycles. The molecule has 0 saturated heterocycles. The van der Waals surface area contributed by atoms with Gasteiger partial charge in [0.15, 0.2) is 6.61 Å². The van der Waals surface area contributed by atoms with Crippen LogP contribution in [-0.2, 0) is 4.79 Å². The number of amides is 1. The van der Waals surface area contributed by atoms with Crippen molar-refractivity contribution in [3.05, 3.63) is 62.6 Å². The third-order valence-electron chi connectivity index (χ3n) is 2.91. The van der Waals surface area contributed by atoms with E-state index in [9.17, 15) is 4.79 Å². The molecule has 0 atom stereocenters. The summed E-state index contributed by atoms with van der Waals surface area (Å²) in [7, 11) is 0. The van der Waals surface area contributed by atoms with Gasteiger partial charge in [-0.15, -0.1) is 0 Å². The second-order valence-corrected chi connectivity index (χ2v) is 5.86. The molecule has 0 aromatic heterocycles. The number of carbonyl (C=O) groups is 1. The fourth-order valence-electron chi connectivity index (χ4n) is 1.70. The number of hydrogen-bond donors (Lipinski definition) is 1. The van der Waals surface area contributed by atoms with Crippen LogP contribution in [0.4, 0.5) is 0 Å². The highest BCUT2D eigenvalue weighted by atomic mass is 35.5. The van der Waals surface area contributed by atoms with Crippen LogP contribution < -0.4 is 10.2 Å². The third kappa shape index (κ3) is 5.13. The van der Waals surface area contributed by atoms with Gasteiger partial charge in [0, 0.05) is 6.07 Å². The number of halogens is 3. The molecule has 4 nitrogen and oxygen atoms in total. The van der Waals surface area contributed by atoms with Crippen molar-refractivity contribution in [2.24, 2.45) is 5.10 Å². The van der Waals surface area contributed by atoms with Crippen LogP contribution >= 0.6 is 34.8 Å². The summed E-state index contributed by atoms with van der Waals surface area (Å²) in [6.07, 6.45) is 1.57. The smallest absolute Gasteiger partial charge is 0.277 e. The first-order valence-corrected chi connectivity index (χ1v) is 7.75. The predicted molar refractivity (Wildman–Crippen MR) is 93.9 cm³/mol. The van der Waals surface area contributed by atoms with Gasteiger partial charge in [0.2, 0.25) is 0 Å². The maximum atomic E-state index is 11.7. The Hall–Kier alpha value is -1.75. The Morgan fingerprint density at radius 3 is 2.61 bits per heavy atom. The lowest BCUT2D eigenvalue weighted by atomic mass is 10.1. The van der Waals surface area contributed by atoms with Gasteiger partial charge in [-0.25, -0.2) is 5.43 Å². The van der Waals surface area contributed by atoms with Crippen LogP contribution in [-0.4, -0.2) is 18.7 Å². The highest BCUT2D eigenvalue weighted by molar-refractivity contribution is 6.43. The molecule has 23 heavy (non-hydrogen) atoms. The molecule has 0 saturated carbocycles. The summed E-state index contributed by atoms with van der Waals surface area (Å²) in [5.74, 6) is -0.143. The number of nitrogens with one attached hydrogen (secondary N) is 1. The number of ether oxygens (including phenoxy) is 1. The Bertz CT molecular complexity index is 748. The van der Waals surface area contributed by atoms with Crippen LogP contribution in [0.3, 0.4) is 0 Å². The van der Waals surface area contributed by atoms with Gasteiger partial charge in [0.1, 0.15) is 5.75 Å². The van der Waals surface area contributed by atoms with Crippen molar-refractivity contribution in [3.8, 4) is 5.75 Å². The standard InChI is InChI=1S/C16H13Cl3N2O2/c1-10-4-2-3-5-11(10)8-20-21-16(22)9-23-15-7-13(18)12(17)6-14(15)19/h2-8H,9H2,1H3,(H,21,22)/b20-8+. The van der Waals surface area contributed by atoms with E-state index in [1.807, 2.05) is 31.2 Å². The van der Waals surface area contributed by atoms with Crippen LogP contribution in [0.15, 0.2) is 41.5 Å². The molecule has 0 aliphatic heterocycles. The number of hydrogen-bond acceptors (Lipinski definition) is 3. The van der Waals surface area contributed by atoms with Gasteiger partial charge in [-0.1, -0.05) is 59.1 Å². The van der Waals surface area contributed by atoms with Gasteiger partial charge >= 0.3 is 0 Å². The molecule has 0 spiro atoms. The van der Waals surface area contributed by atoms with E-state index in [0.717, 1.165) is 11.1 Å². The average molecular weight is 372 g/mol. The quantitative estimate of drug-likeness (QED) is 0.478. The minimum absolute atomic E-state index is 0.247. The van der Waals surface area contributed by atoms with Crippen molar-refractivity contribution in [3.63, 3.8) is 0 Å². The van der Waals surface area contributed by atoms with E-state index in [1.165, 1.54) is 12.1 Å². The van der Waals surface area contributed by atoms with Gasteiger partial charge < -0.3 is 4.74 Å². The number of aryl methyl sites for hydroxylation is 1. The van der Waals surface area contributed by atoms with Crippen molar-refractivity contribution in [1.29, 1.82) is 0 Å². The molecule has 0 heterocycles. The summed E-state index contributed by atoms with van der Waals surface area (Å²) in [4.78, 5) is 11.7. The zero-order valence-corrected chi connectivity index (χ0v) is 14.4.